The maximum absolute atomic E-state index is 11.5. The number of methoxy groups -OCH3 is 1. The van der Waals surface area contributed by atoms with Crippen LogP contribution in [0.2, 0.25) is 0 Å². The monoisotopic (exact) mass is 242 g/mol. The molecule has 0 bridgehead atoms. The van der Waals surface area contributed by atoms with Gasteiger partial charge in [-0.05, 0) is 6.92 Å². The van der Waals surface area contributed by atoms with E-state index in [2.05, 4.69) is 10.1 Å². The summed E-state index contributed by atoms with van der Waals surface area (Å²) in [5, 5.41) is 11.1. The molecule has 0 unspecified atom stereocenters. The van der Waals surface area contributed by atoms with Gasteiger partial charge in [-0.25, -0.2) is 4.79 Å². The van der Waals surface area contributed by atoms with Gasteiger partial charge in [0, 0.05) is 18.9 Å². The van der Waals surface area contributed by atoms with Crippen molar-refractivity contribution < 1.29 is 19.1 Å². The Labute approximate surface area is 101 Å². The summed E-state index contributed by atoms with van der Waals surface area (Å²) in [5.74, 6) is -1.26. The SMILES string of the molecule is CCOCC(=O)N[C@@H](C(=O)OC)[C@H](C)CC#N. The molecule has 0 aliphatic heterocycles. The highest BCUT2D eigenvalue weighted by Crippen LogP contribution is 2.09. The fourth-order valence-corrected chi connectivity index (χ4v) is 1.23. The number of amides is 1. The van der Waals surface area contributed by atoms with Gasteiger partial charge in [0.1, 0.15) is 12.6 Å². The highest BCUT2D eigenvalue weighted by Gasteiger charge is 2.27. The predicted octanol–water partition coefficient (Wildman–Crippen LogP) is 0.230. The van der Waals surface area contributed by atoms with Crippen LogP contribution in [-0.4, -0.2) is 38.2 Å². The molecule has 0 rings (SSSR count). The summed E-state index contributed by atoms with van der Waals surface area (Å²) in [7, 11) is 1.24. The second kappa shape index (κ2) is 8.53. The standard InChI is InChI=1S/C11H18N2O4/c1-4-17-7-9(14)13-10(11(15)16-3)8(2)5-6-12/h8,10H,4-5,7H2,1-3H3,(H,13,14)/t8-,10-/m1/s1. The number of hydrogen-bond donors (Lipinski definition) is 1. The number of nitrogens with one attached hydrogen (secondary N) is 1. The lowest BCUT2D eigenvalue weighted by Gasteiger charge is -2.20. The van der Waals surface area contributed by atoms with Gasteiger partial charge < -0.3 is 14.8 Å². The fourth-order valence-electron chi connectivity index (χ4n) is 1.23. The van der Waals surface area contributed by atoms with Crippen molar-refractivity contribution in [3.8, 4) is 6.07 Å². The van der Waals surface area contributed by atoms with E-state index in [1.165, 1.54) is 7.11 Å². The van der Waals surface area contributed by atoms with E-state index in [1.807, 2.05) is 6.07 Å². The molecule has 0 aliphatic rings. The largest absolute Gasteiger partial charge is 0.467 e. The van der Waals surface area contributed by atoms with Gasteiger partial charge in [-0.1, -0.05) is 6.92 Å². The maximum Gasteiger partial charge on any atom is 0.328 e. The molecule has 6 heteroatoms. The van der Waals surface area contributed by atoms with Crippen LogP contribution in [0, 0.1) is 17.2 Å². The van der Waals surface area contributed by atoms with Gasteiger partial charge in [0.25, 0.3) is 0 Å². The summed E-state index contributed by atoms with van der Waals surface area (Å²) < 4.78 is 9.50. The number of nitriles is 1. The molecule has 0 radical (unpaired) electrons. The van der Waals surface area contributed by atoms with E-state index in [9.17, 15) is 9.59 Å². The third-order valence-electron chi connectivity index (χ3n) is 2.19. The predicted molar refractivity (Wildman–Crippen MR) is 59.8 cm³/mol. The average Bonchev–Trinajstić information content (AvgIpc) is 2.32. The molecule has 0 spiro atoms. The van der Waals surface area contributed by atoms with Crippen molar-refractivity contribution in [3.05, 3.63) is 0 Å². The molecular formula is C11H18N2O4. The van der Waals surface area contributed by atoms with E-state index in [-0.39, 0.29) is 18.9 Å². The smallest absolute Gasteiger partial charge is 0.328 e. The van der Waals surface area contributed by atoms with E-state index in [0.29, 0.717) is 6.61 Å². The van der Waals surface area contributed by atoms with Gasteiger partial charge in [-0.15, -0.1) is 0 Å². The number of nitrogens with zero attached hydrogens (tertiary/aromatic N) is 1. The zero-order valence-corrected chi connectivity index (χ0v) is 10.4. The lowest BCUT2D eigenvalue weighted by Crippen LogP contribution is -2.47. The summed E-state index contributed by atoms with van der Waals surface area (Å²) >= 11 is 0. The van der Waals surface area contributed by atoms with Crippen LogP contribution in [0.4, 0.5) is 0 Å². The van der Waals surface area contributed by atoms with Gasteiger partial charge >= 0.3 is 5.97 Å². The molecule has 17 heavy (non-hydrogen) atoms. The first-order chi connectivity index (χ1) is 8.06. The Hall–Kier alpha value is -1.61. The Balaban J connectivity index is 4.44. The summed E-state index contributed by atoms with van der Waals surface area (Å²) in [6.45, 7) is 3.78. The topological polar surface area (TPSA) is 88.4 Å². The van der Waals surface area contributed by atoms with Gasteiger partial charge in [0.05, 0.1) is 13.2 Å². The molecule has 0 saturated carbocycles. The van der Waals surface area contributed by atoms with Crippen LogP contribution in [-0.2, 0) is 19.1 Å². The number of esters is 1. The van der Waals surface area contributed by atoms with E-state index >= 15 is 0 Å². The molecule has 6 nitrogen and oxygen atoms in total. The highest BCUT2D eigenvalue weighted by molar-refractivity contribution is 5.85. The fraction of sp³-hybridized carbons (Fsp3) is 0.727. The highest BCUT2D eigenvalue weighted by atomic mass is 16.5. The molecule has 96 valence electrons. The Morgan fingerprint density at radius 2 is 2.12 bits per heavy atom. The summed E-state index contributed by atoms with van der Waals surface area (Å²) in [4.78, 5) is 22.9. The molecular weight excluding hydrogens is 224 g/mol. The summed E-state index contributed by atoms with van der Waals surface area (Å²) in [6, 6.07) is 1.14. The zero-order chi connectivity index (χ0) is 13.3. The van der Waals surface area contributed by atoms with Gasteiger partial charge in [-0.2, -0.15) is 5.26 Å². The first kappa shape index (κ1) is 15.4. The minimum Gasteiger partial charge on any atom is -0.467 e. The van der Waals surface area contributed by atoms with E-state index in [0.717, 1.165) is 0 Å². The first-order valence-electron chi connectivity index (χ1n) is 5.38. The van der Waals surface area contributed by atoms with E-state index in [4.69, 9.17) is 10.00 Å². The van der Waals surface area contributed by atoms with Crippen molar-refractivity contribution in [2.75, 3.05) is 20.3 Å². The van der Waals surface area contributed by atoms with E-state index in [1.54, 1.807) is 13.8 Å². The molecule has 0 aliphatic carbocycles. The lowest BCUT2D eigenvalue weighted by molar-refractivity contribution is -0.147. The third-order valence-corrected chi connectivity index (χ3v) is 2.19. The summed E-state index contributed by atoms with van der Waals surface area (Å²) in [6.07, 6.45) is 0.161. The molecule has 0 heterocycles. The molecule has 1 N–H and O–H groups in total. The molecule has 0 aromatic carbocycles. The second-order valence-electron chi connectivity index (χ2n) is 3.55. The van der Waals surface area contributed by atoms with Crippen molar-refractivity contribution in [3.63, 3.8) is 0 Å². The van der Waals surface area contributed by atoms with Crippen molar-refractivity contribution in [1.29, 1.82) is 5.26 Å². The molecule has 0 aromatic rings. The third kappa shape index (κ3) is 5.88. The normalized spacial score (nSPS) is 13.3. The number of hydrogen-bond acceptors (Lipinski definition) is 5. The zero-order valence-electron chi connectivity index (χ0n) is 10.4. The van der Waals surface area contributed by atoms with Crippen LogP contribution < -0.4 is 5.32 Å². The summed E-state index contributed by atoms with van der Waals surface area (Å²) in [5.41, 5.74) is 0. The van der Waals surface area contributed by atoms with Gasteiger partial charge in [0.15, 0.2) is 0 Å². The van der Waals surface area contributed by atoms with Crippen LogP contribution in [0.25, 0.3) is 0 Å². The van der Waals surface area contributed by atoms with E-state index < -0.39 is 17.9 Å². The quantitative estimate of drug-likeness (QED) is 0.645. The second-order valence-corrected chi connectivity index (χ2v) is 3.55. The van der Waals surface area contributed by atoms with Gasteiger partial charge in [0.2, 0.25) is 5.91 Å². The lowest BCUT2D eigenvalue weighted by atomic mass is 9.99. The van der Waals surface area contributed by atoms with Crippen LogP contribution in [0.3, 0.4) is 0 Å². The molecule has 2 atom stereocenters. The Morgan fingerprint density at radius 3 is 2.59 bits per heavy atom. The van der Waals surface area contributed by atoms with Crippen molar-refractivity contribution in [2.24, 2.45) is 5.92 Å². The van der Waals surface area contributed by atoms with Crippen LogP contribution >= 0.6 is 0 Å². The van der Waals surface area contributed by atoms with Crippen molar-refractivity contribution in [1.82, 2.24) is 5.32 Å². The maximum atomic E-state index is 11.5. The minimum atomic E-state index is -0.812. The Bertz CT molecular complexity index is 298. The van der Waals surface area contributed by atoms with Crippen LogP contribution in [0.15, 0.2) is 0 Å². The number of ether oxygens (including phenoxy) is 2. The average molecular weight is 242 g/mol. The van der Waals surface area contributed by atoms with Crippen LogP contribution in [0.5, 0.6) is 0 Å². The number of rotatable bonds is 7. The van der Waals surface area contributed by atoms with Crippen LogP contribution in [0.1, 0.15) is 20.3 Å². The molecule has 0 fully saturated rings. The minimum absolute atomic E-state index is 0.108. The molecule has 1 amide bonds. The number of carbonyl (C=O) groups is 2. The molecule has 0 saturated heterocycles. The molecule has 0 aromatic heterocycles. The number of carbonyl (C=O) groups excluding carboxylic acids is 2. The Morgan fingerprint density at radius 1 is 1.47 bits per heavy atom. The Kier molecular flexibility index (Phi) is 7.72. The first-order valence-corrected chi connectivity index (χ1v) is 5.38. The van der Waals surface area contributed by atoms with Crippen molar-refractivity contribution in [2.45, 2.75) is 26.3 Å². The van der Waals surface area contributed by atoms with Crippen molar-refractivity contribution >= 4 is 11.9 Å². The van der Waals surface area contributed by atoms with Gasteiger partial charge in [-0.3, -0.25) is 4.79 Å².